The van der Waals surface area contributed by atoms with E-state index in [-0.39, 0.29) is 11.5 Å². The third kappa shape index (κ3) is 5.32. The first-order chi connectivity index (χ1) is 16.6. The molecule has 0 saturated carbocycles. The average molecular weight is 483 g/mol. The number of carbonyl (C=O) groups excluding carboxylic acids is 3. The maximum Gasteiger partial charge on any atom is 0.325 e. The molecule has 0 aromatic heterocycles. The number of hydrogen-bond donors (Lipinski definition) is 5. The van der Waals surface area contributed by atoms with Crippen molar-refractivity contribution in [2.24, 2.45) is 10.9 Å². The van der Waals surface area contributed by atoms with Crippen LogP contribution in [0.25, 0.3) is 0 Å². The Kier molecular flexibility index (Phi) is 7.23. The van der Waals surface area contributed by atoms with Gasteiger partial charge in [-0.2, -0.15) is 5.10 Å². The van der Waals surface area contributed by atoms with Crippen molar-refractivity contribution in [3.63, 3.8) is 0 Å². The number of carbonyl (C=O) groups is 4. The number of ether oxygens (including phenoxy) is 1. The van der Waals surface area contributed by atoms with Crippen molar-refractivity contribution in [1.82, 2.24) is 15.5 Å². The van der Waals surface area contributed by atoms with E-state index in [1.807, 2.05) is 0 Å². The van der Waals surface area contributed by atoms with Gasteiger partial charge in [0.2, 0.25) is 5.91 Å². The second-order valence-corrected chi connectivity index (χ2v) is 8.00. The van der Waals surface area contributed by atoms with E-state index in [0.29, 0.717) is 16.7 Å². The number of nitrogens with zero attached hydrogens (tertiary/aromatic N) is 2. The van der Waals surface area contributed by atoms with Gasteiger partial charge >= 0.3 is 12.0 Å². The zero-order valence-corrected chi connectivity index (χ0v) is 19.0. The highest BCUT2D eigenvalue weighted by molar-refractivity contribution is 6.09. The summed E-state index contributed by atoms with van der Waals surface area (Å²) in [5.41, 5.74) is 0.0901. The molecule has 3 rings (SSSR count). The second-order valence-electron chi connectivity index (χ2n) is 8.00. The molecule has 1 heterocycles. The predicted octanol–water partition coefficient (Wildman–Crippen LogP) is 0.793. The van der Waals surface area contributed by atoms with Crippen LogP contribution in [0.2, 0.25) is 0 Å². The van der Waals surface area contributed by atoms with Crippen molar-refractivity contribution < 1.29 is 34.1 Å². The van der Waals surface area contributed by atoms with Gasteiger partial charge in [0.25, 0.3) is 5.91 Å². The van der Waals surface area contributed by atoms with Crippen LogP contribution in [0.5, 0.6) is 11.5 Å². The molecule has 184 valence electrons. The van der Waals surface area contributed by atoms with Crippen LogP contribution in [0.1, 0.15) is 36.1 Å². The fourth-order valence-electron chi connectivity index (χ4n) is 3.76. The first-order valence-corrected chi connectivity index (χ1v) is 10.4. The average Bonchev–Trinajstić information content (AvgIpc) is 3.02. The number of imide groups is 1. The summed E-state index contributed by atoms with van der Waals surface area (Å²) < 4.78 is 4.97. The molecule has 0 spiro atoms. The highest BCUT2D eigenvalue weighted by atomic mass is 16.5. The van der Waals surface area contributed by atoms with Crippen molar-refractivity contribution in [2.45, 2.75) is 24.9 Å². The van der Waals surface area contributed by atoms with Gasteiger partial charge in [-0.25, -0.2) is 4.79 Å². The highest BCUT2D eigenvalue weighted by Gasteiger charge is 2.49. The van der Waals surface area contributed by atoms with Crippen LogP contribution in [0.15, 0.2) is 47.6 Å². The van der Waals surface area contributed by atoms with Crippen molar-refractivity contribution in [3.05, 3.63) is 59.2 Å². The molecule has 1 saturated heterocycles. The Balaban J connectivity index is 1.76. The molecular weight excluding hydrogens is 458 g/mol. The van der Waals surface area contributed by atoms with Crippen LogP contribution < -0.4 is 21.2 Å². The number of phenols is 1. The minimum absolute atomic E-state index is 0.177. The van der Waals surface area contributed by atoms with Crippen LogP contribution in [0.3, 0.4) is 0 Å². The number of carboxylic acids is 1. The third-order valence-corrected chi connectivity index (χ3v) is 5.61. The predicted molar refractivity (Wildman–Crippen MR) is 124 cm³/mol. The van der Waals surface area contributed by atoms with Crippen molar-refractivity contribution in [3.8, 4) is 11.5 Å². The second kappa shape index (κ2) is 10.1. The lowest BCUT2D eigenvalue weighted by molar-refractivity contribution is -0.138. The standard InChI is InChI=1S/C23H25N5O7/c1-23(15-6-3-13(4-7-15)11-25-24)21(33)28(22(34)27-23)12-19(30)26-16(10-20(31)32)14-5-8-18(35-2)17(29)9-14/h3-9,11,16,29H,10,12,24H2,1-2H3,(H,26,30)(H,27,34)(H,31,32)/b25-11+. The number of nitrogens with one attached hydrogen (secondary N) is 2. The van der Waals surface area contributed by atoms with Crippen LogP contribution in [0.4, 0.5) is 4.79 Å². The molecule has 1 aliphatic rings. The number of benzene rings is 2. The first kappa shape index (κ1) is 25.0. The number of urea groups is 1. The summed E-state index contributed by atoms with van der Waals surface area (Å²) in [4.78, 5) is 50.5. The number of hydrogen-bond acceptors (Lipinski definition) is 8. The lowest BCUT2D eigenvalue weighted by Crippen LogP contribution is -2.44. The number of aromatic hydroxyl groups is 1. The van der Waals surface area contributed by atoms with Gasteiger partial charge in [0.1, 0.15) is 12.1 Å². The van der Waals surface area contributed by atoms with E-state index in [0.717, 1.165) is 4.90 Å². The van der Waals surface area contributed by atoms with Gasteiger partial charge in [0.15, 0.2) is 11.5 Å². The number of aliphatic carboxylic acids is 1. The molecule has 2 aromatic carbocycles. The molecule has 12 nitrogen and oxygen atoms in total. The number of phenolic OH excluding ortho intramolecular Hbond substituents is 1. The quantitative estimate of drug-likeness (QED) is 0.150. The Labute approximate surface area is 200 Å². The fraction of sp³-hybridized carbons (Fsp3) is 0.261. The van der Waals surface area contributed by atoms with E-state index in [1.165, 1.54) is 38.4 Å². The fourth-order valence-corrected chi connectivity index (χ4v) is 3.76. The van der Waals surface area contributed by atoms with Crippen LogP contribution in [-0.4, -0.2) is 58.8 Å². The molecule has 4 amide bonds. The van der Waals surface area contributed by atoms with E-state index in [9.17, 15) is 29.4 Å². The molecule has 2 atom stereocenters. The van der Waals surface area contributed by atoms with Gasteiger partial charge in [-0.1, -0.05) is 30.3 Å². The zero-order chi connectivity index (χ0) is 25.8. The molecule has 35 heavy (non-hydrogen) atoms. The monoisotopic (exact) mass is 483 g/mol. The molecule has 1 fully saturated rings. The van der Waals surface area contributed by atoms with E-state index < -0.39 is 48.4 Å². The van der Waals surface area contributed by atoms with Gasteiger partial charge in [0.05, 0.1) is 25.8 Å². The van der Waals surface area contributed by atoms with E-state index in [1.54, 1.807) is 24.3 Å². The summed E-state index contributed by atoms with van der Waals surface area (Å²) >= 11 is 0. The number of methoxy groups -OCH3 is 1. The van der Waals surface area contributed by atoms with E-state index >= 15 is 0 Å². The van der Waals surface area contributed by atoms with Gasteiger partial charge in [-0.3, -0.25) is 19.3 Å². The highest BCUT2D eigenvalue weighted by Crippen LogP contribution is 2.31. The van der Waals surface area contributed by atoms with Crippen molar-refractivity contribution in [1.29, 1.82) is 0 Å². The summed E-state index contributed by atoms with van der Waals surface area (Å²) in [6, 6.07) is 9.03. The van der Waals surface area contributed by atoms with Crippen molar-refractivity contribution >= 4 is 30.0 Å². The number of amides is 4. The van der Waals surface area contributed by atoms with Gasteiger partial charge in [0, 0.05) is 0 Å². The van der Waals surface area contributed by atoms with Crippen LogP contribution in [0, 0.1) is 0 Å². The summed E-state index contributed by atoms with van der Waals surface area (Å²) in [6.45, 7) is 0.890. The van der Waals surface area contributed by atoms with Gasteiger partial charge in [-0.15, -0.1) is 0 Å². The number of rotatable bonds is 9. The van der Waals surface area contributed by atoms with Gasteiger partial charge in [-0.05, 0) is 35.7 Å². The minimum atomic E-state index is -1.40. The topological polar surface area (TPSA) is 184 Å². The Morgan fingerprint density at radius 2 is 1.94 bits per heavy atom. The Morgan fingerprint density at radius 1 is 1.26 bits per heavy atom. The largest absolute Gasteiger partial charge is 0.504 e. The van der Waals surface area contributed by atoms with E-state index in [2.05, 4.69) is 15.7 Å². The molecule has 1 aliphatic heterocycles. The Bertz CT molecular complexity index is 1180. The molecule has 6 N–H and O–H groups in total. The van der Waals surface area contributed by atoms with Crippen LogP contribution >= 0.6 is 0 Å². The summed E-state index contributed by atoms with van der Waals surface area (Å²) in [6.07, 6.45) is 0.932. The normalized spacial score (nSPS) is 18.4. The van der Waals surface area contributed by atoms with Gasteiger partial charge < -0.3 is 31.4 Å². The maximum absolute atomic E-state index is 13.1. The molecule has 12 heteroatoms. The number of hydrazone groups is 1. The maximum atomic E-state index is 13.1. The molecule has 2 unspecified atom stereocenters. The molecule has 0 radical (unpaired) electrons. The molecule has 2 aromatic rings. The Hall–Kier alpha value is -4.61. The molecule has 0 bridgehead atoms. The van der Waals surface area contributed by atoms with E-state index in [4.69, 9.17) is 10.6 Å². The van der Waals surface area contributed by atoms with Crippen molar-refractivity contribution in [2.75, 3.05) is 13.7 Å². The molecular formula is C23H25N5O7. The summed E-state index contributed by atoms with van der Waals surface area (Å²) in [7, 11) is 1.36. The first-order valence-electron chi connectivity index (χ1n) is 10.4. The minimum Gasteiger partial charge on any atom is -0.504 e. The lowest BCUT2D eigenvalue weighted by atomic mass is 9.91. The van der Waals surface area contributed by atoms with Crippen LogP contribution in [-0.2, 0) is 19.9 Å². The number of nitrogens with two attached hydrogens (primary N) is 1. The third-order valence-electron chi connectivity index (χ3n) is 5.61. The summed E-state index contributed by atoms with van der Waals surface area (Å²) in [5.74, 6) is 2.48. The zero-order valence-electron chi connectivity index (χ0n) is 19.0. The summed E-state index contributed by atoms with van der Waals surface area (Å²) in [5, 5.41) is 27.8. The Morgan fingerprint density at radius 3 is 2.51 bits per heavy atom. The SMILES string of the molecule is COc1ccc(C(CC(=O)O)NC(=O)CN2C(=O)NC(C)(c3ccc(/C=N/N)cc3)C2=O)cc1O. The lowest BCUT2D eigenvalue weighted by Gasteiger charge is -2.23. The number of carboxylic acid groups (broad SMARTS) is 1. The molecule has 0 aliphatic carbocycles. The smallest absolute Gasteiger partial charge is 0.325 e.